The summed E-state index contributed by atoms with van der Waals surface area (Å²) in [7, 11) is 0. The van der Waals surface area contributed by atoms with Gasteiger partial charge in [0.2, 0.25) is 5.91 Å². The van der Waals surface area contributed by atoms with Crippen LogP contribution in [0, 0.1) is 0 Å². The zero-order valence-corrected chi connectivity index (χ0v) is 17.3. The fourth-order valence-corrected chi connectivity index (χ4v) is 4.58. The Bertz CT molecular complexity index is 1130. The van der Waals surface area contributed by atoms with E-state index in [-0.39, 0.29) is 29.5 Å². The van der Waals surface area contributed by atoms with E-state index in [4.69, 9.17) is 11.6 Å². The highest BCUT2D eigenvalue weighted by molar-refractivity contribution is 7.99. The van der Waals surface area contributed by atoms with E-state index in [0.717, 1.165) is 5.69 Å². The molecule has 1 amide bonds. The van der Waals surface area contributed by atoms with Gasteiger partial charge in [-0.3, -0.25) is 14.2 Å². The number of nitrogens with one attached hydrogen (secondary N) is 1. The Morgan fingerprint density at radius 2 is 2.18 bits per heavy atom. The minimum Gasteiger partial charge on any atom is -0.351 e. The summed E-state index contributed by atoms with van der Waals surface area (Å²) in [6, 6.07) is 7.01. The van der Waals surface area contributed by atoms with Crippen molar-refractivity contribution < 1.29 is 4.79 Å². The molecule has 1 aliphatic rings. The topological polar surface area (TPSA) is 81.8 Å². The number of hydrogen-bond acceptors (Lipinski definition) is 5. The van der Waals surface area contributed by atoms with Crippen molar-refractivity contribution in [1.82, 2.24) is 24.6 Å². The van der Waals surface area contributed by atoms with E-state index < -0.39 is 0 Å². The van der Waals surface area contributed by atoms with Crippen LogP contribution in [0.1, 0.15) is 33.2 Å². The zero-order valence-electron chi connectivity index (χ0n) is 15.8. The van der Waals surface area contributed by atoms with E-state index in [1.807, 2.05) is 32.9 Å². The van der Waals surface area contributed by atoms with Crippen molar-refractivity contribution in [2.24, 2.45) is 0 Å². The molecule has 1 atom stereocenters. The number of carbonyl (C=O) groups excluding carboxylic acids is 1. The van der Waals surface area contributed by atoms with Gasteiger partial charge in [-0.1, -0.05) is 29.4 Å². The van der Waals surface area contributed by atoms with Crippen LogP contribution in [0.3, 0.4) is 0 Å². The van der Waals surface area contributed by atoms with E-state index in [1.165, 1.54) is 18.0 Å². The van der Waals surface area contributed by atoms with E-state index in [1.54, 1.807) is 21.4 Å². The summed E-state index contributed by atoms with van der Waals surface area (Å²) in [6.07, 6.45) is 1.76. The lowest BCUT2D eigenvalue weighted by Gasteiger charge is -2.22. The molecule has 1 N–H and O–H groups in total. The summed E-state index contributed by atoms with van der Waals surface area (Å²) in [5, 5.41) is 8.90. The molecule has 1 aliphatic heterocycles. The minimum atomic E-state index is -0.309. The lowest BCUT2D eigenvalue weighted by Crippen LogP contribution is -2.42. The van der Waals surface area contributed by atoms with Crippen LogP contribution in [0.2, 0.25) is 5.02 Å². The third-order valence-electron chi connectivity index (χ3n) is 4.36. The van der Waals surface area contributed by atoms with Crippen molar-refractivity contribution in [2.75, 3.05) is 5.75 Å². The molecule has 0 saturated carbocycles. The first-order valence-electron chi connectivity index (χ1n) is 8.93. The molecule has 1 unspecified atom stereocenters. The summed E-state index contributed by atoms with van der Waals surface area (Å²) in [5.41, 5.74) is 0.748. The summed E-state index contributed by atoms with van der Waals surface area (Å²) in [6.45, 7) is 5.80. The van der Waals surface area contributed by atoms with Crippen LogP contribution in [-0.2, 0) is 4.79 Å². The molecular formula is C19H20ClN5O2S. The van der Waals surface area contributed by atoms with Crippen molar-refractivity contribution in [1.29, 1.82) is 0 Å². The lowest BCUT2D eigenvalue weighted by molar-refractivity contribution is -0.123. The van der Waals surface area contributed by atoms with Crippen molar-refractivity contribution >= 4 is 40.3 Å². The maximum absolute atomic E-state index is 13.1. The molecule has 0 radical (unpaired) electrons. The minimum absolute atomic E-state index is 0.0763. The van der Waals surface area contributed by atoms with Crippen LogP contribution in [-0.4, -0.2) is 36.5 Å². The van der Waals surface area contributed by atoms with E-state index in [0.29, 0.717) is 27.0 Å². The fraction of sp³-hybridized carbons (Fsp3) is 0.368. The van der Waals surface area contributed by atoms with Gasteiger partial charge in [-0.2, -0.15) is 5.10 Å². The molecule has 0 aliphatic carbocycles. The highest BCUT2D eigenvalue weighted by Gasteiger charge is 2.30. The standard InChI is InChI=1S/C19H20ClN5O2S/c1-19(2,3)23-15(26)8-13-10-28-18-22-16-14(17(27)24(13)18)9-21-25(16)12-6-4-5-11(20)7-12/h4-7,9,13H,8,10H2,1-3H3,(H,23,26). The second-order valence-electron chi connectivity index (χ2n) is 7.81. The highest BCUT2D eigenvalue weighted by Crippen LogP contribution is 2.33. The predicted molar refractivity (Wildman–Crippen MR) is 110 cm³/mol. The third-order valence-corrected chi connectivity index (χ3v) is 5.69. The first-order chi connectivity index (χ1) is 13.2. The number of halogens is 1. The fourth-order valence-electron chi connectivity index (χ4n) is 3.26. The van der Waals surface area contributed by atoms with Gasteiger partial charge in [0.15, 0.2) is 10.8 Å². The van der Waals surface area contributed by atoms with E-state index >= 15 is 0 Å². The van der Waals surface area contributed by atoms with Crippen LogP contribution in [0.15, 0.2) is 40.4 Å². The Labute approximate surface area is 171 Å². The van der Waals surface area contributed by atoms with E-state index in [2.05, 4.69) is 15.4 Å². The molecule has 0 saturated heterocycles. The van der Waals surface area contributed by atoms with Crippen molar-refractivity contribution in [3.63, 3.8) is 0 Å². The predicted octanol–water partition coefficient (Wildman–Crippen LogP) is 3.19. The van der Waals surface area contributed by atoms with Crippen molar-refractivity contribution in [2.45, 2.75) is 43.9 Å². The molecule has 0 spiro atoms. The van der Waals surface area contributed by atoms with Crippen molar-refractivity contribution in [3.05, 3.63) is 45.8 Å². The van der Waals surface area contributed by atoms with Crippen molar-refractivity contribution in [3.8, 4) is 5.69 Å². The lowest BCUT2D eigenvalue weighted by atomic mass is 10.1. The van der Waals surface area contributed by atoms with Gasteiger partial charge in [-0.05, 0) is 39.0 Å². The number of rotatable bonds is 3. The number of fused-ring (bicyclic) bond motifs is 2. The SMILES string of the molecule is CC(C)(C)NC(=O)CC1CSc2nc3c(cnn3-c3cccc(Cl)c3)c(=O)n21. The number of thioether (sulfide) groups is 1. The summed E-state index contributed by atoms with van der Waals surface area (Å²) >= 11 is 7.56. The maximum atomic E-state index is 13.1. The van der Waals surface area contributed by atoms with Crippen LogP contribution >= 0.6 is 23.4 Å². The normalized spacial score (nSPS) is 16.4. The second kappa shape index (κ2) is 6.93. The maximum Gasteiger partial charge on any atom is 0.265 e. The Balaban J connectivity index is 1.72. The number of aromatic nitrogens is 4. The third kappa shape index (κ3) is 3.54. The summed E-state index contributed by atoms with van der Waals surface area (Å²) < 4.78 is 3.24. The van der Waals surface area contributed by atoms with Gasteiger partial charge < -0.3 is 5.32 Å². The number of hydrogen-bond donors (Lipinski definition) is 1. The van der Waals surface area contributed by atoms with Gasteiger partial charge in [0.1, 0.15) is 5.39 Å². The quantitative estimate of drug-likeness (QED) is 0.662. The number of amides is 1. The molecule has 0 fully saturated rings. The van der Waals surface area contributed by atoms with Gasteiger partial charge in [0, 0.05) is 22.7 Å². The molecule has 0 bridgehead atoms. The van der Waals surface area contributed by atoms with Crippen LogP contribution in [0.5, 0.6) is 0 Å². The molecule has 146 valence electrons. The monoisotopic (exact) mass is 417 g/mol. The molecule has 9 heteroatoms. The molecule has 4 rings (SSSR count). The molecule has 7 nitrogen and oxygen atoms in total. The highest BCUT2D eigenvalue weighted by atomic mass is 35.5. The van der Waals surface area contributed by atoms with E-state index in [9.17, 15) is 9.59 Å². The zero-order chi connectivity index (χ0) is 20.1. The average Bonchev–Trinajstić information content (AvgIpc) is 3.18. The number of carbonyl (C=O) groups is 1. The molecule has 2 aromatic heterocycles. The van der Waals surface area contributed by atoms with Crippen LogP contribution in [0.25, 0.3) is 16.7 Å². The Kier molecular flexibility index (Phi) is 4.71. The number of benzene rings is 1. The van der Waals surface area contributed by atoms with Gasteiger partial charge >= 0.3 is 0 Å². The first-order valence-corrected chi connectivity index (χ1v) is 10.3. The summed E-state index contributed by atoms with van der Waals surface area (Å²) in [4.78, 5) is 30.1. The largest absolute Gasteiger partial charge is 0.351 e. The average molecular weight is 418 g/mol. The first kappa shape index (κ1) is 19.0. The van der Waals surface area contributed by atoms with Gasteiger partial charge in [0.25, 0.3) is 5.56 Å². The number of nitrogens with zero attached hydrogens (tertiary/aromatic N) is 4. The molecular weight excluding hydrogens is 398 g/mol. The van der Waals surface area contributed by atoms with Crippen LogP contribution < -0.4 is 10.9 Å². The molecule has 3 heterocycles. The molecule has 1 aromatic carbocycles. The van der Waals surface area contributed by atoms with Gasteiger partial charge in [-0.15, -0.1) is 0 Å². The Hall–Kier alpha value is -2.32. The summed E-state index contributed by atoms with van der Waals surface area (Å²) in [5.74, 6) is 0.560. The molecule has 3 aromatic rings. The van der Waals surface area contributed by atoms with Gasteiger partial charge in [-0.25, -0.2) is 9.67 Å². The second-order valence-corrected chi connectivity index (χ2v) is 9.23. The van der Waals surface area contributed by atoms with Gasteiger partial charge in [0.05, 0.1) is 17.9 Å². The Morgan fingerprint density at radius 3 is 2.89 bits per heavy atom. The molecule has 28 heavy (non-hydrogen) atoms. The Morgan fingerprint density at radius 1 is 1.39 bits per heavy atom. The smallest absolute Gasteiger partial charge is 0.265 e. The van der Waals surface area contributed by atoms with Crippen LogP contribution in [0.4, 0.5) is 0 Å².